The van der Waals surface area contributed by atoms with E-state index in [1.807, 2.05) is 0 Å². The number of nitrogens with one attached hydrogen (secondary N) is 1. The minimum atomic E-state index is -0.293. The van der Waals surface area contributed by atoms with Gasteiger partial charge in [-0.1, -0.05) is 0 Å². The lowest BCUT2D eigenvalue weighted by Crippen LogP contribution is -2.43. The van der Waals surface area contributed by atoms with Gasteiger partial charge in [0.2, 0.25) is 0 Å². The molecule has 1 aliphatic rings. The van der Waals surface area contributed by atoms with Crippen molar-refractivity contribution in [1.82, 2.24) is 10.2 Å². The molecule has 5 heteroatoms. The fraction of sp³-hybridized carbons (Fsp3) is 0.889. The van der Waals surface area contributed by atoms with E-state index in [1.54, 1.807) is 4.90 Å². The van der Waals surface area contributed by atoms with Crippen LogP contribution in [0.2, 0.25) is 0 Å². The van der Waals surface area contributed by atoms with Crippen molar-refractivity contribution >= 4 is 6.03 Å². The third kappa shape index (κ3) is 3.51. The van der Waals surface area contributed by atoms with Crippen LogP contribution in [-0.4, -0.2) is 43.7 Å². The van der Waals surface area contributed by atoms with E-state index < -0.39 is 0 Å². The Morgan fingerprint density at radius 3 is 2.57 bits per heavy atom. The summed E-state index contributed by atoms with van der Waals surface area (Å²) in [7, 11) is 0. The van der Waals surface area contributed by atoms with Crippen LogP contribution < -0.4 is 16.8 Å². The zero-order chi connectivity index (χ0) is 10.4. The van der Waals surface area contributed by atoms with Crippen LogP contribution in [0.25, 0.3) is 0 Å². The van der Waals surface area contributed by atoms with E-state index in [2.05, 4.69) is 5.32 Å². The second kappa shape index (κ2) is 5.82. The van der Waals surface area contributed by atoms with E-state index in [-0.39, 0.29) is 6.03 Å². The van der Waals surface area contributed by atoms with Crippen LogP contribution in [-0.2, 0) is 0 Å². The number of amides is 2. The van der Waals surface area contributed by atoms with Crippen molar-refractivity contribution in [3.63, 3.8) is 0 Å². The van der Waals surface area contributed by atoms with Gasteiger partial charge in [-0.15, -0.1) is 0 Å². The highest BCUT2D eigenvalue weighted by Crippen LogP contribution is 2.15. The Hall–Kier alpha value is -0.810. The Kier molecular flexibility index (Phi) is 4.69. The number of likely N-dealkylation sites (tertiary alicyclic amines) is 1. The second-order valence-corrected chi connectivity index (χ2v) is 3.76. The van der Waals surface area contributed by atoms with E-state index in [0.717, 1.165) is 39.0 Å². The van der Waals surface area contributed by atoms with Crippen LogP contribution in [0.5, 0.6) is 0 Å². The smallest absolute Gasteiger partial charge is 0.314 e. The number of nitrogens with zero attached hydrogens (tertiary/aromatic N) is 1. The molecule has 0 aromatic heterocycles. The summed E-state index contributed by atoms with van der Waals surface area (Å²) in [5, 5.41) is 3.29. The van der Waals surface area contributed by atoms with Gasteiger partial charge in [0.05, 0.1) is 0 Å². The lowest BCUT2D eigenvalue weighted by atomic mass is 9.97. The van der Waals surface area contributed by atoms with E-state index in [4.69, 9.17) is 11.5 Å². The van der Waals surface area contributed by atoms with E-state index in [1.165, 1.54) is 0 Å². The molecule has 14 heavy (non-hydrogen) atoms. The number of carbonyl (C=O) groups is 1. The van der Waals surface area contributed by atoms with Gasteiger partial charge in [0.15, 0.2) is 0 Å². The summed E-state index contributed by atoms with van der Waals surface area (Å²) in [5.41, 5.74) is 10.6. The van der Waals surface area contributed by atoms with Gasteiger partial charge in [-0.3, -0.25) is 0 Å². The Bertz CT molecular complexity index is 178. The van der Waals surface area contributed by atoms with Gasteiger partial charge in [-0.05, 0) is 25.3 Å². The monoisotopic (exact) mass is 200 g/mol. The molecule has 0 aliphatic carbocycles. The molecule has 1 rings (SSSR count). The summed E-state index contributed by atoms with van der Waals surface area (Å²) in [4.78, 5) is 12.5. The van der Waals surface area contributed by atoms with Crippen LogP contribution in [0.1, 0.15) is 12.8 Å². The molecule has 0 saturated carbocycles. The molecule has 0 bridgehead atoms. The molecule has 0 atom stereocenters. The van der Waals surface area contributed by atoms with Crippen molar-refractivity contribution in [3.05, 3.63) is 0 Å². The molecule has 5 nitrogen and oxygen atoms in total. The molecule has 0 aromatic rings. The number of carbonyl (C=O) groups excluding carboxylic acids is 1. The Labute approximate surface area is 84.8 Å². The van der Waals surface area contributed by atoms with Crippen molar-refractivity contribution in [2.45, 2.75) is 12.8 Å². The fourth-order valence-corrected chi connectivity index (χ4v) is 1.77. The van der Waals surface area contributed by atoms with Gasteiger partial charge in [-0.2, -0.15) is 0 Å². The van der Waals surface area contributed by atoms with Crippen molar-refractivity contribution in [1.29, 1.82) is 0 Å². The van der Waals surface area contributed by atoms with Gasteiger partial charge < -0.3 is 21.7 Å². The maximum absolute atomic E-state index is 10.8. The first-order valence-electron chi connectivity index (χ1n) is 5.19. The van der Waals surface area contributed by atoms with Gasteiger partial charge in [0, 0.05) is 26.2 Å². The molecule has 1 saturated heterocycles. The van der Waals surface area contributed by atoms with E-state index in [9.17, 15) is 4.79 Å². The Morgan fingerprint density at radius 2 is 2.07 bits per heavy atom. The summed E-state index contributed by atoms with van der Waals surface area (Å²) >= 11 is 0. The van der Waals surface area contributed by atoms with Gasteiger partial charge in [0.25, 0.3) is 0 Å². The fourth-order valence-electron chi connectivity index (χ4n) is 1.77. The predicted octanol–water partition coefficient (Wildman–Crippen LogP) is -0.675. The first-order chi connectivity index (χ1) is 6.74. The number of primary amides is 1. The molecule has 1 aliphatic heterocycles. The summed E-state index contributed by atoms with van der Waals surface area (Å²) in [6.07, 6.45) is 2.08. The number of rotatable bonds is 4. The zero-order valence-electron chi connectivity index (χ0n) is 8.54. The van der Waals surface area contributed by atoms with E-state index >= 15 is 0 Å². The topological polar surface area (TPSA) is 84.4 Å². The van der Waals surface area contributed by atoms with Crippen molar-refractivity contribution in [3.8, 4) is 0 Å². The maximum Gasteiger partial charge on any atom is 0.314 e. The van der Waals surface area contributed by atoms with Crippen LogP contribution >= 0.6 is 0 Å². The van der Waals surface area contributed by atoms with Gasteiger partial charge in [-0.25, -0.2) is 4.79 Å². The molecule has 1 heterocycles. The number of hydrogen-bond acceptors (Lipinski definition) is 3. The van der Waals surface area contributed by atoms with Crippen molar-refractivity contribution in [2.24, 2.45) is 17.4 Å². The van der Waals surface area contributed by atoms with Crippen LogP contribution in [0.15, 0.2) is 0 Å². The van der Waals surface area contributed by atoms with Crippen molar-refractivity contribution in [2.75, 3.05) is 32.7 Å². The first kappa shape index (κ1) is 11.3. The standard InChI is InChI=1S/C9H20N4O/c10-3-4-12-7-8-1-5-13(6-2-8)9(11)14/h8,12H,1-7,10H2,(H2,11,14). The lowest BCUT2D eigenvalue weighted by molar-refractivity contribution is 0.178. The highest BCUT2D eigenvalue weighted by atomic mass is 16.2. The highest BCUT2D eigenvalue weighted by molar-refractivity contribution is 5.72. The summed E-state index contributed by atoms with van der Waals surface area (Å²) < 4.78 is 0. The Morgan fingerprint density at radius 1 is 1.43 bits per heavy atom. The molecular weight excluding hydrogens is 180 g/mol. The molecule has 0 spiro atoms. The third-order valence-corrected chi connectivity index (χ3v) is 2.68. The molecule has 2 amide bonds. The average molecular weight is 200 g/mol. The Balaban J connectivity index is 2.12. The summed E-state index contributed by atoms with van der Waals surface area (Å²) in [6, 6.07) is -0.293. The molecule has 0 unspecified atom stereocenters. The van der Waals surface area contributed by atoms with Gasteiger partial charge in [0.1, 0.15) is 0 Å². The maximum atomic E-state index is 10.8. The molecule has 82 valence electrons. The van der Waals surface area contributed by atoms with Crippen LogP contribution in [0.4, 0.5) is 4.79 Å². The zero-order valence-corrected chi connectivity index (χ0v) is 8.54. The van der Waals surface area contributed by atoms with Crippen molar-refractivity contribution < 1.29 is 4.79 Å². The average Bonchev–Trinajstić information content (AvgIpc) is 2.19. The van der Waals surface area contributed by atoms with Crippen LogP contribution in [0, 0.1) is 5.92 Å². The molecule has 1 fully saturated rings. The second-order valence-electron chi connectivity index (χ2n) is 3.76. The summed E-state index contributed by atoms with van der Waals surface area (Å²) in [6.45, 7) is 4.15. The molecule has 5 N–H and O–H groups in total. The van der Waals surface area contributed by atoms with E-state index in [0.29, 0.717) is 12.5 Å². The number of nitrogens with two attached hydrogens (primary N) is 2. The molecular formula is C9H20N4O. The quantitative estimate of drug-likeness (QED) is 0.526. The predicted molar refractivity (Wildman–Crippen MR) is 55.8 cm³/mol. The first-order valence-corrected chi connectivity index (χ1v) is 5.19. The number of piperidine rings is 1. The normalized spacial score (nSPS) is 18.5. The minimum absolute atomic E-state index is 0.293. The number of hydrogen-bond donors (Lipinski definition) is 3. The summed E-state index contributed by atoms with van der Waals surface area (Å²) in [5.74, 6) is 0.664. The lowest BCUT2D eigenvalue weighted by Gasteiger charge is -2.30. The molecule has 0 aromatic carbocycles. The SMILES string of the molecule is NCCNCC1CCN(C(N)=O)CC1. The third-order valence-electron chi connectivity index (χ3n) is 2.68. The highest BCUT2D eigenvalue weighted by Gasteiger charge is 2.20. The van der Waals surface area contributed by atoms with Crippen LogP contribution in [0.3, 0.4) is 0 Å². The number of urea groups is 1. The van der Waals surface area contributed by atoms with Gasteiger partial charge >= 0.3 is 6.03 Å². The minimum Gasteiger partial charge on any atom is -0.351 e. The largest absolute Gasteiger partial charge is 0.351 e. The molecule has 0 radical (unpaired) electrons.